The molecule has 1 aromatic carbocycles. The molecule has 2 aromatic rings. The molecular formula is C17H20N2O2S. The number of aromatic nitrogens is 1. The Balaban J connectivity index is 2.54. The molecule has 0 aliphatic rings. The van der Waals surface area contributed by atoms with Crippen LogP contribution in [0, 0.1) is 0 Å². The van der Waals surface area contributed by atoms with Crippen molar-refractivity contribution in [3.05, 3.63) is 47.5 Å². The van der Waals surface area contributed by atoms with Crippen LogP contribution in [0.1, 0.15) is 19.5 Å². The zero-order chi connectivity index (χ0) is 15.9. The molecule has 116 valence electrons. The Kier molecular flexibility index (Phi) is 5.86. The third-order valence-corrected chi connectivity index (χ3v) is 4.10. The first-order valence-corrected chi connectivity index (χ1v) is 7.96. The van der Waals surface area contributed by atoms with E-state index >= 15 is 0 Å². The molecule has 5 heteroatoms. The average molecular weight is 316 g/mol. The van der Waals surface area contributed by atoms with E-state index in [1.54, 1.807) is 11.8 Å². The second kappa shape index (κ2) is 7.87. The summed E-state index contributed by atoms with van der Waals surface area (Å²) in [6, 6.07) is 7.44. The maximum absolute atomic E-state index is 9.01. The van der Waals surface area contributed by atoms with Crippen LogP contribution in [-0.2, 0) is 0 Å². The van der Waals surface area contributed by atoms with E-state index in [0.717, 1.165) is 21.5 Å². The average Bonchev–Trinajstić information content (AvgIpc) is 2.53. The van der Waals surface area contributed by atoms with Crippen LogP contribution in [-0.4, -0.2) is 23.3 Å². The monoisotopic (exact) mass is 316 g/mol. The van der Waals surface area contributed by atoms with Gasteiger partial charge in [0, 0.05) is 22.0 Å². The van der Waals surface area contributed by atoms with Gasteiger partial charge in [-0.1, -0.05) is 23.9 Å². The van der Waals surface area contributed by atoms with E-state index in [-0.39, 0.29) is 13.2 Å². The van der Waals surface area contributed by atoms with Crippen molar-refractivity contribution in [3.63, 3.8) is 0 Å². The van der Waals surface area contributed by atoms with Crippen molar-refractivity contribution in [1.82, 2.24) is 4.98 Å². The van der Waals surface area contributed by atoms with Crippen molar-refractivity contribution in [2.24, 2.45) is 0 Å². The highest BCUT2D eigenvalue weighted by atomic mass is 32.2. The molecule has 4 nitrogen and oxygen atoms in total. The molecule has 0 bridgehead atoms. The van der Waals surface area contributed by atoms with Gasteiger partial charge in [-0.05, 0) is 37.5 Å². The van der Waals surface area contributed by atoms with Crippen molar-refractivity contribution < 1.29 is 9.84 Å². The minimum absolute atomic E-state index is 0.0364. The number of thioether (sulfide) groups is 1. The lowest BCUT2D eigenvalue weighted by molar-refractivity contribution is 0.202. The number of hydrogen-bond acceptors (Lipinski definition) is 5. The van der Waals surface area contributed by atoms with E-state index in [9.17, 15) is 0 Å². The number of aliphatic hydroxyl groups excluding tert-OH is 1. The molecule has 0 fully saturated rings. The zero-order valence-electron chi connectivity index (χ0n) is 12.7. The number of hydrogen-bond donors (Lipinski definition) is 2. The summed E-state index contributed by atoms with van der Waals surface area (Å²) in [5.74, 6) is 0.682. The third-order valence-electron chi connectivity index (χ3n) is 2.99. The Bertz CT molecular complexity index is 711. The number of pyridine rings is 1. The van der Waals surface area contributed by atoms with Gasteiger partial charge in [-0.15, -0.1) is 0 Å². The third kappa shape index (κ3) is 3.81. The van der Waals surface area contributed by atoms with Gasteiger partial charge in [-0.2, -0.15) is 0 Å². The normalized spacial score (nSPS) is 12.2. The maximum atomic E-state index is 9.01. The number of ether oxygens (including phenoxy) is 1. The molecule has 1 aromatic heterocycles. The highest BCUT2D eigenvalue weighted by molar-refractivity contribution is 8.10. The van der Waals surface area contributed by atoms with Crippen LogP contribution in [0.2, 0.25) is 0 Å². The van der Waals surface area contributed by atoms with Crippen LogP contribution >= 0.6 is 11.8 Å². The summed E-state index contributed by atoms with van der Waals surface area (Å²) in [5.41, 5.74) is 8.17. The molecule has 0 amide bonds. The van der Waals surface area contributed by atoms with Crippen molar-refractivity contribution >= 4 is 33.3 Å². The zero-order valence-corrected chi connectivity index (χ0v) is 13.6. The summed E-state index contributed by atoms with van der Waals surface area (Å²) in [6.07, 6.45) is 4.01. The molecule has 0 radical (unpaired) electrons. The summed E-state index contributed by atoms with van der Waals surface area (Å²) in [4.78, 5) is 5.74. The van der Waals surface area contributed by atoms with Crippen LogP contribution in [0.4, 0.5) is 5.69 Å². The summed E-state index contributed by atoms with van der Waals surface area (Å²) < 4.78 is 5.66. The van der Waals surface area contributed by atoms with Crippen molar-refractivity contribution in [1.29, 1.82) is 0 Å². The molecule has 22 heavy (non-hydrogen) atoms. The summed E-state index contributed by atoms with van der Waals surface area (Å²) in [5, 5.41) is 11.9. The second-order valence-electron chi connectivity index (χ2n) is 4.59. The van der Waals surface area contributed by atoms with Gasteiger partial charge in [-0.25, -0.2) is 4.98 Å². The number of nitrogens with two attached hydrogens (primary N) is 1. The smallest absolute Gasteiger partial charge is 0.131 e. The van der Waals surface area contributed by atoms with Crippen LogP contribution in [0.15, 0.2) is 41.8 Å². The first kappa shape index (κ1) is 16.4. The van der Waals surface area contributed by atoms with Gasteiger partial charge < -0.3 is 15.6 Å². The number of anilines is 1. The highest BCUT2D eigenvalue weighted by Crippen LogP contribution is 2.34. The van der Waals surface area contributed by atoms with Gasteiger partial charge in [0.15, 0.2) is 0 Å². The van der Waals surface area contributed by atoms with Gasteiger partial charge in [0.25, 0.3) is 0 Å². The Labute approximate surface area is 134 Å². The number of aliphatic hydroxyl groups is 1. The number of nitrogen functional groups attached to an aromatic ring is 1. The number of nitrogens with zero attached hydrogens (tertiary/aromatic N) is 1. The van der Waals surface area contributed by atoms with E-state index in [0.29, 0.717) is 11.4 Å². The fraction of sp³-hybridized carbons (Fsp3) is 0.235. The minimum atomic E-state index is -0.0364. The molecule has 0 saturated carbocycles. The SMILES string of the molecule is C/C=C\S/C(=C\C)c1cc(OCCO)c2cc(N)ccc2n1. The maximum Gasteiger partial charge on any atom is 0.131 e. The molecule has 1 heterocycles. The molecule has 0 spiro atoms. The predicted octanol–water partition coefficient (Wildman–Crippen LogP) is 3.82. The Hall–Kier alpha value is -1.98. The Morgan fingerprint density at radius 1 is 1.36 bits per heavy atom. The van der Waals surface area contributed by atoms with E-state index in [4.69, 9.17) is 15.6 Å². The van der Waals surface area contributed by atoms with Crippen LogP contribution < -0.4 is 10.5 Å². The second-order valence-corrected chi connectivity index (χ2v) is 5.54. The topological polar surface area (TPSA) is 68.4 Å². The summed E-state index contributed by atoms with van der Waals surface area (Å²) in [7, 11) is 0. The van der Waals surface area contributed by atoms with Gasteiger partial charge in [0.05, 0.1) is 17.8 Å². The predicted molar refractivity (Wildman–Crippen MR) is 94.8 cm³/mol. The molecule has 2 rings (SSSR count). The number of allylic oxidation sites excluding steroid dienone is 2. The summed E-state index contributed by atoms with van der Waals surface area (Å²) in [6.45, 7) is 4.16. The highest BCUT2D eigenvalue weighted by Gasteiger charge is 2.10. The lowest BCUT2D eigenvalue weighted by Crippen LogP contribution is -2.03. The lowest BCUT2D eigenvalue weighted by atomic mass is 10.1. The largest absolute Gasteiger partial charge is 0.490 e. The Morgan fingerprint density at radius 3 is 2.86 bits per heavy atom. The van der Waals surface area contributed by atoms with Gasteiger partial charge in [0.2, 0.25) is 0 Å². The van der Waals surface area contributed by atoms with E-state index < -0.39 is 0 Å². The standard InChI is InChI=1S/C17H20N2O2S/c1-3-9-22-17(4-2)15-11-16(21-8-7-20)13-10-12(18)5-6-14(13)19-15/h3-6,9-11,20H,7-8,18H2,1-2H3/b9-3-,17-4-. The van der Waals surface area contributed by atoms with E-state index in [1.165, 1.54) is 0 Å². The molecule has 0 aliphatic heterocycles. The number of rotatable bonds is 6. The van der Waals surface area contributed by atoms with E-state index in [1.807, 2.05) is 55.7 Å². The van der Waals surface area contributed by atoms with Crippen molar-refractivity contribution in [2.45, 2.75) is 13.8 Å². The number of fused-ring (bicyclic) bond motifs is 1. The first-order valence-electron chi connectivity index (χ1n) is 7.08. The Morgan fingerprint density at radius 2 is 2.18 bits per heavy atom. The van der Waals surface area contributed by atoms with Gasteiger partial charge >= 0.3 is 0 Å². The van der Waals surface area contributed by atoms with Crippen LogP contribution in [0.25, 0.3) is 15.8 Å². The molecule has 0 aliphatic carbocycles. The van der Waals surface area contributed by atoms with Gasteiger partial charge in [0.1, 0.15) is 12.4 Å². The fourth-order valence-corrected chi connectivity index (χ4v) is 2.68. The van der Waals surface area contributed by atoms with Crippen LogP contribution in [0.3, 0.4) is 0 Å². The van der Waals surface area contributed by atoms with Crippen LogP contribution in [0.5, 0.6) is 5.75 Å². The van der Waals surface area contributed by atoms with Crippen molar-refractivity contribution in [3.8, 4) is 5.75 Å². The molecule has 0 saturated heterocycles. The van der Waals surface area contributed by atoms with Crippen molar-refractivity contribution in [2.75, 3.05) is 18.9 Å². The van der Waals surface area contributed by atoms with E-state index in [2.05, 4.69) is 4.98 Å². The number of benzene rings is 1. The minimum Gasteiger partial charge on any atom is -0.490 e. The van der Waals surface area contributed by atoms with Gasteiger partial charge in [-0.3, -0.25) is 0 Å². The quantitative estimate of drug-likeness (QED) is 0.793. The lowest BCUT2D eigenvalue weighted by Gasteiger charge is -2.12. The fourth-order valence-electron chi connectivity index (χ4n) is 2.03. The first-order chi connectivity index (χ1) is 10.7. The molecule has 3 N–H and O–H groups in total. The molecule has 0 atom stereocenters. The molecular weight excluding hydrogens is 296 g/mol. The molecule has 0 unspecified atom stereocenters. The summed E-state index contributed by atoms with van der Waals surface area (Å²) >= 11 is 1.61.